The highest BCUT2D eigenvalue weighted by Crippen LogP contribution is 2.22. The zero-order valence-corrected chi connectivity index (χ0v) is 12.3. The van der Waals surface area contributed by atoms with E-state index in [0.717, 1.165) is 16.1 Å². The van der Waals surface area contributed by atoms with E-state index < -0.39 is 0 Å². The van der Waals surface area contributed by atoms with Crippen LogP contribution in [0.1, 0.15) is 26.3 Å². The molecule has 2 aromatic rings. The average molecular weight is 274 g/mol. The summed E-state index contributed by atoms with van der Waals surface area (Å²) in [6.07, 6.45) is 1.80. The lowest BCUT2D eigenvalue weighted by molar-refractivity contribution is -0.128. The molecule has 3 nitrogen and oxygen atoms in total. The van der Waals surface area contributed by atoms with E-state index in [2.05, 4.69) is 16.4 Å². The summed E-state index contributed by atoms with van der Waals surface area (Å²) in [6.45, 7) is 6.28. The van der Waals surface area contributed by atoms with Gasteiger partial charge in [-0.25, -0.2) is 4.98 Å². The molecular weight excluding hydrogens is 256 g/mol. The molecule has 1 aromatic heterocycles. The van der Waals surface area contributed by atoms with Gasteiger partial charge in [0.25, 0.3) is 0 Å². The fourth-order valence-electron chi connectivity index (χ4n) is 1.63. The van der Waals surface area contributed by atoms with E-state index in [-0.39, 0.29) is 11.3 Å². The van der Waals surface area contributed by atoms with Crippen LogP contribution < -0.4 is 5.32 Å². The molecule has 0 saturated carbocycles. The Hall–Kier alpha value is -1.68. The minimum absolute atomic E-state index is 0.0622. The highest BCUT2D eigenvalue weighted by atomic mass is 32.1. The van der Waals surface area contributed by atoms with E-state index in [4.69, 9.17) is 0 Å². The van der Waals surface area contributed by atoms with Gasteiger partial charge in [-0.1, -0.05) is 39.0 Å². The van der Waals surface area contributed by atoms with Crippen molar-refractivity contribution in [2.24, 2.45) is 5.41 Å². The highest BCUT2D eigenvalue weighted by molar-refractivity contribution is 7.13. The molecule has 100 valence electrons. The lowest BCUT2D eigenvalue weighted by Gasteiger charge is -2.17. The lowest BCUT2D eigenvalue weighted by Crippen LogP contribution is -2.34. The fourth-order valence-corrected chi connectivity index (χ4v) is 2.26. The van der Waals surface area contributed by atoms with Crippen molar-refractivity contribution in [3.63, 3.8) is 0 Å². The summed E-state index contributed by atoms with van der Waals surface area (Å²) in [7, 11) is 0. The predicted molar refractivity (Wildman–Crippen MR) is 78.9 cm³/mol. The summed E-state index contributed by atoms with van der Waals surface area (Å²) in [5.41, 5.74) is 1.83. The van der Waals surface area contributed by atoms with Crippen LogP contribution in [-0.4, -0.2) is 10.9 Å². The Kier molecular flexibility index (Phi) is 4.00. The van der Waals surface area contributed by atoms with Gasteiger partial charge in [-0.15, -0.1) is 11.3 Å². The second-order valence-electron chi connectivity index (χ2n) is 5.47. The number of carbonyl (C=O) groups excluding carboxylic acids is 1. The van der Waals surface area contributed by atoms with E-state index >= 15 is 0 Å². The molecule has 0 atom stereocenters. The molecule has 2 rings (SSSR count). The molecular formula is C15H18N2OS. The summed E-state index contributed by atoms with van der Waals surface area (Å²) in [5, 5.41) is 5.92. The molecule has 0 spiro atoms. The van der Waals surface area contributed by atoms with E-state index in [1.807, 2.05) is 44.4 Å². The Morgan fingerprint density at radius 3 is 2.79 bits per heavy atom. The van der Waals surface area contributed by atoms with E-state index in [1.54, 1.807) is 17.5 Å². The van der Waals surface area contributed by atoms with Gasteiger partial charge in [0.1, 0.15) is 5.01 Å². The minimum atomic E-state index is -0.354. The molecule has 0 aliphatic heterocycles. The monoisotopic (exact) mass is 274 g/mol. The topological polar surface area (TPSA) is 42.0 Å². The number of carbonyl (C=O) groups is 1. The number of nitrogens with one attached hydrogen (secondary N) is 1. The number of hydrogen-bond donors (Lipinski definition) is 1. The van der Waals surface area contributed by atoms with Crippen LogP contribution in [0.2, 0.25) is 0 Å². The molecule has 0 saturated heterocycles. The van der Waals surface area contributed by atoms with Crippen LogP contribution in [0.5, 0.6) is 0 Å². The smallest absolute Gasteiger partial charge is 0.225 e. The normalized spacial score (nSPS) is 11.3. The molecule has 1 aromatic carbocycles. The van der Waals surface area contributed by atoms with Gasteiger partial charge in [-0.05, 0) is 11.6 Å². The Bertz CT molecular complexity index is 556. The summed E-state index contributed by atoms with van der Waals surface area (Å²) in [6, 6.07) is 8.12. The van der Waals surface area contributed by atoms with Crippen molar-refractivity contribution in [3.8, 4) is 10.6 Å². The second kappa shape index (κ2) is 5.53. The number of thiazole rings is 1. The number of amides is 1. The number of rotatable bonds is 3. The van der Waals surface area contributed by atoms with Gasteiger partial charge in [0.05, 0.1) is 0 Å². The molecule has 0 radical (unpaired) electrons. The van der Waals surface area contributed by atoms with E-state index in [0.29, 0.717) is 6.54 Å². The van der Waals surface area contributed by atoms with Crippen LogP contribution in [0, 0.1) is 5.41 Å². The van der Waals surface area contributed by atoms with Gasteiger partial charge in [0.15, 0.2) is 0 Å². The fraction of sp³-hybridized carbons (Fsp3) is 0.333. The molecule has 0 bridgehead atoms. The van der Waals surface area contributed by atoms with Crippen LogP contribution in [-0.2, 0) is 11.3 Å². The SMILES string of the molecule is CC(C)(C)C(=O)NCc1cccc(-c2nccs2)c1. The zero-order chi connectivity index (χ0) is 13.9. The Morgan fingerprint density at radius 1 is 1.37 bits per heavy atom. The highest BCUT2D eigenvalue weighted by Gasteiger charge is 2.20. The molecule has 0 unspecified atom stereocenters. The standard InChI is InChI=1S/C15H18N2OS/c1-15(2,3)14(18)17-10-11-5-4-6-12(9-11)13-16-7-8-19-13/h4-9H,10H2,1-3H3,(H,17,18). The summed E-state index contributed by atoms with van der Waals surface area (Å²) >= 11 is 1.61. The first-order chi connectivity index (χ1) is 8.97. The van der Waals surface area contributed by atoms with Gasteiger partial charge in [0.2, 0.25) is 5.91 Å². The quantitative estimate of drug-likeness (QED) is 0.931. The number of benzene rings is 1. The van der Waals surface area contributed by atoms with Crippen molar-refractivity contribution in [1.82, 2.24) is 10.3 Å². The zero-order valence-electron chi connectivity index (χ0n) is 11.4. The third-order valence-corrected chi connectivity index (χ3v) is 3.56. The molecule has 0 aliphatic rings. The maximum Gasteiger partial charge on any atom is 0.225 e. The number of nitrogens with zero attached hydrogens (tertiary/aromatic N) is 1. The van der Waals surface area contributed by atoms with Crippen LogP contribution >= 0.6 is 11.3 Å². The summed E-state index contributed by atoms with van der Waals surface area (Å²) in [5.74, 6) is 0.0622. The molecule has 19 heavy (non-hydrogen) atoms. The van der Waals surface area contributed by atoms with Crippen LogP contribution in [0.25, 0.3) is 10.6 Å². The van der Waals surface area contributed by atoms with Gasteiger partial charge in [-0.3, -0.25) is 4.79 Å². The Labute approximate surface area is 117 Å². The van der Waals surface area contributed by atoms with Crippen LogP contribution in [0.3, 0.4) is 0 Å². The molecule has 1 heterocycles. The number of aromatic nitrogens is 1. The lowest BCUT2D eigenvalue weighted by atomic mass is 9.95. The molecule has 1 amide bonds. The maximum atomic E-state index is 11.8. The van der Waals surface area contributed by atoms with Crippen molar-refractivity contribution in [3.05, 3.63) is 41.4 Å². The van der Waals surface area contributed by atoms with Crippen molar-refractivity contribution in [2.75, 3.05) is 0 Å². The van der Waals surface area contributed by atoms with Crippen molar-refractivity contribution < 1.29 is 4.79 Å². The van der Waals surface area contributed by atoms with Crippen LogP contribution in [0.15, 0.2) is 35.8 Å². The number of hydrogen-bond acceptors (Lipinski definition) is 3. The van der Waals surface area contributed by atoms with Gasteiger partial charge in [0, 0.05) is 29.1 Å². The first-order valence-electron chi connectivity index (χ1n) is 6.24. The first-order valence-corrected chi connectivity index (χ1v) is 7.12. The van der Waals surface area contributed by atoms with Gasteiger partial charge >= 0.3 is 0 Å². The van der Waals surface area contributed by atoms with Gasteiger partial charge in [-0.2, -0.15) is 0 Å². The predicted octanol–water partition coefficient (Wildman–Crippen LogP) is 3.47. The average Bonchev–Trinajstić information content (AvgIpc) is 2.89. The maximum absolute atomic E-state index is 11.8. The van der Waals surface area contributed by atoms with E-state index in [1.165, 1.54) is 0 Å². The van der Waals surface area contributed by atoms with Crippen molar-refractivity contribution in [1.29, 1.82) is 0 Å². The van der Waals surface area contributed by atoms with Gasteiger partial charge < -0.3 is 5.32 Å². The minimum Gasteiger partial charge on any atom is -0.352 e. The molecule has 4 heteroatoms. The van der Waals surface area contributed by atoms with Crippen LogP contribution in [0.4, 0.5) is 0 Å². The largest absolute Gasteiger partial charge is 0.352 e. The molecule has 1 N–H and O–H groups in total. The molecule has 0 aliphatic carbocycles. The van der Waals surface area contributed by atoms with E-state index in [9.17, 15) is 4.79 Å². The third-order valence-electron chi connectivity index (χ3n) is 2.74. The van der Waals surface area contributed by atoms with Crippen molar-refractivity contribution >= 4 is 17.2 Å². The second-order valence-corrected chi connectivity index (χ2v) is 6.36. The Morgan fingerprint density at radius 2 is 2.16 bits per heavy atom. The third kappa shape index (κ3) is 3.64. The summed E-state index contributed by atoms with van der Waals surface area (Å²) < 4.78 is 0. The van der Waals surface area contributed by atoms with Crippen molar-refractivity contribution in [2.45, 2.75) is 27.3 Å². The summed E-state index contributed by atoms with van der Waals surface area (Å²) in [4.78, 5) is 16.1. The molecule has 0 fully saturated rings. The first kappa shape index (κ1) is 13.7. The Balaban J connectivity index is 2.06.